The number of fused-ring (bicyclic) bond motifs is 1. The predicted molar refractivity (Wildman–Crippen MR) is 98.4 cm³/mol. The van der Waals surface area contributed by atoms with Crippen LogP contribution >= 0.6 is 11.6 Å². The lowest BCUT2D eigenvalue weighted by Gasteiger charge is -2.36. The van der Waals surface area contributed by atoms with Crippen molar-refractivity contribution in [2.75, 3.05) is 45.1 Å². The summed E-state index contributed by atoms with van der Waals surface area (Å²) >= 11 is 6.23. The predicted octanol–water partition coefficient (Wildman–Crippen LogP) is 3.33. The van der Waals surface area contributed by atoms with Gasteiger partial charge in [-0.1, -0.05) is 23.7 Å². The number of anilines is 1. The third kappa shape index (κ3) is 4.14. The van der Waals surface area contributed by atoms with Gasteiger partial charge in [0.1, 0.15) is 5.82 Å². The minimum atomic E-state index is 0.597. The van der Waals surface area contributed by atoms with Gasteiger partial charge in [-0.25, -0.2) is 4.98 Å². The number of halogens is 1. The number of pyridine rings is 1. The van der Waals surface area contributed by atoms with Gasteiger partial charge in [0, 0.05) is 44.2 Å². The van der Waals surface area contributed by atoms with Gasteiger partial charge in [0.15, 0.2) is 0 Å². The van der Waals surface area contributed by atoms with Crippen LogP contribution in [0.1, 0.15) is 13.3 Å². The zero-order valence-electron chi connectivity index (χ0n) is 13.9. The van der Waals surface area contributed by atoms with Gasteiger partial charge < -0.3 is 10.2 Å². The minimum Gasteiger partial charge on any atom is -0.370 e. The quantitative estimate of drug-likeness (QED) is 0.910. The van der Waals surface area contributed by atoms with Crippen LogP contribution in [0.4, 0.5) is 5.82 Å². The number of benzene rings is 1. The first-order valence-corrected chi connectivity index (χ1v) is 8.73. The van der Waals surface area contributed by atoms with Gasteiger partial charge in [0.25, 0.3) is 0 Å². The molecule has 4 nitrogen and oxygen atoms in total. The molecule has 1 aromatic carbocycles. The highest BCUT2D eigenvalue weighted by Gasteiger charge is 2.18. The average molecular weight is 333 g/mol. The van der Waals surface area contributed by atoms with E-state index in [9.17, 15) is 0 Å². The Hall–Kier alpha value is -1.36. The van der Waals surface area contributed by atoms with E-state index in [4.69, 9.17) is 11.6 Å². The van der Waals surface area contributed by atoms with Gasteiger partial charge in [0.2, 0.25) is 0 Å². The summed E-state index contributed by atoms with van der Waals surface area (Å²) in [5.74, 6) is 0.899. The van der Waals surface area contributed by atoms with Crippen molar-refractivity contribution >= 4 is 28.3 Å². The second-order valence-corrected chi connectivity index (χ2v) is 6.82. The van der Waals surface area contributed by atoms with Crippen LogP contribution in [-0.2, 0) is 0 Å². The van der Waals surface area contributed by atoms with Crippen molar-refractivity contribution in [2.24, 2.45) is 0 Å². The molecule has 3 rings (SSSR count). The minimum absolute atomic E-state index is 0.597. The normalized spacial score (nSPS) is 18.2. The third-order valence-electron chi connectivity index (χ3n) is 4.70. The molecule has 1 N–H and O–H groups in total. The highest BCUT2D eigenvalue weighted by molar-refractivity contribution is 6.35. The lowest BCUT2D eigenvalue weighted by Crippen LogP contribution is -2.48. The van der Waals surface area contributed by atoms with E-state index in [2.05, 4.69) is 40.1 Å². The first-order chi connectivity index (χ1) is 11.1. The average Bonchev–Trinajstić information content (AvgIpc) is 2.56. The van der Waals surface area contributed by atoms with Gasteiger partial charge in [-0.3, -0.25) is 4.90 Å². The molecule has 124 valence electrons. The number of piperazine rings is 1. The molecule has 0 aliphatic carbocycles. The van der Waals surface area contributed by atoms with E-state index in [-0.39, 0.29) is 0 Å². The first kappa shape index (κ1) is 16.5. The highest BCUT2D eigenvalue weighted by Crippen LogP contribution is 2.23. The molecule has 1 atom stereocenters. The Bertz CT molecular complexity index is 653. The van der Waals surface area contributed by atoms with Crippen molar-refractivity contribution in [3.63, 3.8) is 0 Å². The molecule has 23 heavy (non-hydrogen) atoms. The molecule has 2 heterocycles. The van der Waals surface area contributed by atoms with Gasteiger partial charge in [-0.15, -0.1) is 0 Å². The van der Waals surface area contributed by atoms with E-state index in [0.29, 0.717) is 11.1 Å². The van der Waals surface area contributed by atoms with Gasteiger partial charge in [0.05, 0.1) is 10.5 Å². The molecule has 5 heteroatoms. The van der Waals surface area contributed by atoms with Gasteiger partial charge in [-0.05, 0) is 38.6 Å². The number of hydrogen-bond donors (Lipinski definition) is 1. The first-order valence-electron chi connectivity index (χ1n) is 8.35. The Balaban J connectivity index is 1.53. The molecular formula is C18H25ClN4. The van der Waals surface area contributed by atoms with E-state index in [0.717, 1.165) is 29.7 Å². The second-order valence-electron chi connectivity index (χ2n) is 6.41. The van der Waals surface area contributed by atoms with Crippen LogP contribution in [0.15, 0.2) is 30.3 Å². The summed E-state index contributed by atoms with van der Waals surface area (Å²) in [6.07, 6.45) is 1.12. The summed E-state index contributed by atoms with van der Waals surface area (Å²) in [6, 6.07) is 10.6. The lowest BCUT2D eigenvalue weighted by molar-refractivity contribution is 0.116. The molecule has 1 saturated heterocycles. The van der Waals surface area contributed by atoms with Crippen molar-refractivity contribution in [2.45, 2.75) is 19.4 Å². The monoisotopic (exact) mass is 332 g/mol. The van der Waals surface area contributed by atoms with Crippen molar-refractivity contribution in [3.05, 3.63) is 35.4 Å². The Kier molecular flexibility index (Phi) is 5.36. The molecule has 1 aliphatic heterocycles. The number of aromatic nitrogens is 1. The van der Waals surface area contributed by atoms with Gasteiger partial charge in [-0.2, -0.15) is 0 Å². The molecule has 1 aromatic heterocycles. The second kappa shape index (κ2) is 7.47. The fourth-order valence-electron chi connectivity index (χ4n) is 3.06. The fraction of sp³-hybridized carbons (Fsp3) is 0.500. The van der Waals surface area contributed by atoms with Crippen LogP contribution in [0.25, 0.3) is 10.9 Å². The van der Waals surface area contributed by atoms with Crippen LogP contribution in [0.5, 0.6) is 0 Å². The SMILES string of the molecule is C[C@H](CCNc1ccc2cccc(Cl)c2n1)N1CCN(C)CC1. The molecular weight excluding hydrogens is 308 g/mol. The van der Waals surface area contributed by atoms with Crippen LogP contribution in [-0.4, -0.2) is 60.6 Å². The van der Waals surface area contributed by atoms with Crippen LogP contribution < -0.4 is 5.32 Å². The number of rotatable bonds is 5. The Morgan fingerprint density at radius 2 is 1.96 bits per heavy atom. The smallest absolute Gasteiger partial charge is 0.126 e. The molecule has 0 saturated carbocycles. The maximum absolute atomic E-state index is 6.23. The van der Waals surface area contributed by atoms with Gasteiger partial charge >= 0.3 is 0 Å². The number of likely N-dealkylation sites (N-methyl/N-ethyl adjacent to an activating group) is 1. The maximum Gasteiger partial charge on any atom is 0.126 e. The number of nitrogens with zero attached hydrogens (tertiary/aromatic N) is 3. The Labute approximate surface area is 143 Å². The largest absolute Gasteiger partial charge is 0.370 e. The zero-order valence-corrected chi connectivity index (χ0v) is 14.7. The van der Waals surface area contributed by atoms with E-state index in [1.54, 1.807) is 0 Å². The molecule has 0 amide bonds. The van der Waals surface area contributed by atoms with Crippen molar-refractivity contribution in [1.82, 2.24) is 14.8 Å². The van der Waals surface area contributed by atoms with Crippen LogP contribution in [0.3, 0.4) is 0 Å². The van der Waals surface area contributed by atoms with E-state index < -0.39 is 0 Å². The summed E-state index contributed by atoms with van der Waals surface area (Å²) in [4.78, 5) is 9.60. The lowest BCUT2D eigenvalue weighted by atomic mass is 10.1. The molecule has 0 spiro atoms. The summed E-state index contributed by atoms with van der Waals surface area (Å²) in [7, 11) is 2.19. The number of hydrogen-bond acceptors (Lipinski definition) is 4. The summed E-state index contributed by atoms with van der Waals surface area (Å²) in [5.41, 5.74) is 0.867. The summed E-state index contributed by atoms with van der Waals surface area (Å²) in [6.45, 7) is 7.92. The number of para-hydroxylation sites is 1. The molecule has 2 aromatic rings. The molecule has 1 aliphatic rings. The molecule has 0 radical (unpaired) electrons. The van der Waals surface area contributed by atoms with E-state index >= 15 is 0 Å². The van der Waals surface area contributed by atoms with Crippen molar-refractivity contribution < 1.29 is 0 Å². The third-order valence-corrected chi connectivity index (χ3v) is 5.01. The summed E-state index contributed by atoms with van der Waals surface area (Å²) < 4.78 is 0. The van der Waals surface area contributed by atoms with Crippen molar-refractivity contribution in [3.8, 4) is 0 Å². The topological polar surface area (TPSA) is 31.4 Å². The number of nitrogens with one attached hydrogen (secondary N) is 1. The molecule has 1 fully saturated rings. The zero-order chi connectivity index (χ0) is 16.2. The van der Waals surface area contributed by atoms with Crippen molar-refractivity contribution in [1.29, 1.82) is 0 Å². The Morgan fingerprint density at radius 1 is 1.17 bits per heavy atom. The van der Waals surface area contributed by atoms with Crippen LogP contribution in [0.2, 0.25) is 5.02 Å². The standard InChI is InChI=1S/C18H25ClN4/c1-14(23-12-10-22(2)11-13-23)8-9-20-17-7-6-15-4-3-5-16(19)18(15)21-17/h3-7,14H,8-13H2,1-2H3,(H,20,21)/t14-/m1/s1. The fourth-order valence-corrected chi connectivity index (χ4v) is 3.29. The summed E-state index contributed by atoms with van der Waals surface area (Å²) in [5, 5.41) is 5.22. The Morgan fingerprint density at radius 3 is 2.74 bits per heavy atom. The van der Waals surface area contributed by atoms with Crippen LogP contribution in [0, 0.1) is 0 Å². The molecule has 0 unspecified atom stereocenters. The van der Waals surface area contributed by atoms with E-state index in [1.165, 1.54) is 26.2 Å². The molecule has 0 bridgehead atoms. The van der Waals surface area contributed by atoms with E-state index in [1.807, 2.05) is 24.3 Å². The maximum atomic E-state index is 6.23. The highest BCUT2D eigenvalue weighted by atomic mass is 35.5.